The predicted octanol–water partition coefficient (Wildman–Crippen LogP) is 2.94. The molecule has 0 saturated heterocycles. The van der Waals surface area contributed by atoms with Gasteiger partial charge in [0.15, 0.2) is 0 Å². The van der Waals surface area contributed by atoms with Crippen molar-refractivity contribution in [3.05, 3.63) is 44.8 Å². The van der Waals surface area contributed by atoms with Gasteiger partial charge < -0.3 is 10.6 Å². The van der Waals surface area contributed by atoms with Crippen LogP contribution < -0.4 is 10.6 Å². The Bertz CT molecular complexity index is 553. The van der Waals surface area contributed by atoms with E-state index in [1.54, 1.807) is 11.3 Å². The highest BCUT2D eigenvalue weighted by atomic mass is 79.9. The van der Waals surface area contributed by atoms with Gasteiger partial charge in [-0.1, -0.05) is 15.9 Å². The minimum atomic E-state index is -0.0596. The summed E-state index contributed by atoms with van der Waals surface area (Å²) in [6.07, 6.45) is 0. The molecule has 1 amide bonds. The number of nitrogens with one attached hydrogen (secondary N) is 2. The SMILES string of the molecule is Cc1csc(CNCC(=O)Nc2ccc(Br)cc2)n1. The highest BCUT2D eigenvalue weighted by Crippen LogP contribution is 2.13. The molecule has 1 heterocycles. The first-order valence-electron chi connectivity index (χ1n) is 5.80. The number of halogens is 1. The lowest BCUT2D eigenvalue weighted by Crippen LogP contribution is -2.27. The van der Waals surface area contributed by atoms with E-state index < -0.39 is 0 Å². The number of nitrogens with zero attached hydrogens (tertiary/aromatic N) is 1. The summed E-state index contributed by atoms with van der Waals surface area (Å²) in [7, 11) is 0. The average Bonchev–Trinajstić information content (AvgIpc) is 2.78. The molecular formula is C13H14BrN3OS. The lowest BCUT2D eigenvalue weighted by atomic mass is 10.3. The number of carbonyl (C=O) groups excluding carboxylic acids is 1. The standard InChI is InChI=1S/C13H14BrN3OS/c1-9-8-19-13(16-9)7-15-6-12(18)17-11-4-2-10(14)3-5-11/h2-5,8,15H,6-7H2,1H3,(H,17,18). The van der Waals surface area contributed by atoms with E-state index in [2.05, 4.69) is 31.5 Å². The minimum absolute atomic E-state index is 0.0596. The maximum Gasteiger partial charge on any atom is 0.238 e. The van der Waals surface area contributed by atoms with Crippen LogP contribution in [0.5, 0.6) is 0 Å². The van der Waals surface area contributed by atoms with Crippen LogP contribution in [0, 0.1) is 6.92 Å². The van der Waals surface area contributed by atoms with Gasteiger partial charge in [-0.2, -0.15) is 0 Å². The van der Waals surface area contributed by atoms with Crippen LogP contribution in [0.3, 0.4) is 0 Å². The fourth-order valence-corrected chi connectivity index (χ4v) is 2.51. The number of aryl methyl sites for hydroxylation is 1. The van der Waals surface area contributed by atoms with E-state index in [1.165, 1.54) is 0 Å². The molecular weight excluding hydrogens is 326 g/mol. The first-order chi connectivity index (χ1) is 9.13. The highest BCUT2D eigenvalue weighted by Gasteiger charge is 2.03. The molecule has 0 atom stereocenters. The lowest BCUT2D eigenvalue weighted by molar-refractivity contribution is -0.115. The van der Waals surface area contributed by atoms with Crippen molar-refractivity contribution in [1.29, 1.82) is 0 Å². The van der Waals surface area contributed by atoms with Gasteiger partial charge in [0.1, 0.15) is 5.01 Å². The number of thiazole rings is 1. The zero-order chi connectivity index (χ0) is 13.7. The first-order valence-corrected chi connectivity index (χ1v) is 7.48. The lowest BCUT2D eigenvalue weighted by Gasteiger charge is -2.05. The molecule has 0 spiro atoms. The zero-order valence-electron chi connectivity index (χ0n) is 10.4. The molecule has 0 aliphatic rings. The van der Waals surface area contributed by atoms with Gasteiger partial charge in [0, 0.05) is 27.8 Å². The highest BCUT2D eigenvalue weighted by molar-refractivity contribution is 9.10. The van der Waals surface area contributed by atoms with Crippen LogP contribution in [0.25, 0.3) is 0 Å². The molecule has 0 fully saturated rings. The van der Waals surface area contributed by atoms with Crippen molar-refractivity contribution in [3.63, 3.8) is 0 Å². The topological polar surface area (TPSA) is 54.0 Å². The van der Waals surface area contributed by atoms with Crippen LogP contribution >= 0.6 is 27.3 Å². The van der Waals surface area contributed by atoms with Gasteiger partial charge in [-0.3, -0.25) is 4.79 Å². The Hall–Kier alpha value is -1.24. The molecule has 1 aromatic heterocycles. The minimum Gasteiger partial charge on any atom is -0.325 e. The number of amides is 1. The fraction of sp³-hybridized carbons (Fsp3) is 0.231. The molecule has 1 aromatic carbocycles. The van der Waals surface area contributed by atoms with Gasteiger partial charge in [0.2, 0.25) is 5.91 Å². The quantitative estimate of drug-likeness (QED) is 0.880. The second-order valence-electron chi connectivity index (χ2n) is 4.04. The molecule has 0 radical (unpaired) electrons. The van der Waals surface area contributed by atoms with E-state index in [9.17, 15) is 4.79 Å². The molecule has 0 aliphatic carbocycles. The summed E-state index contributed by atoms with van der Waals surface area (Å²) >= 11 is 4.95. The Kier molecular flexibility index (Phi) is 5.07. The number of hydrogen-bond acceptors (Lipinski definition) is 4. The van der Waals surface area contributed by atoms with Crippen molar-refractivity contribution < 1.29 is 4.79 Å². The van der Waals surface area contributed by atoms with Gasteiger partial charge >= 0.3 is 0 Å². The third-order valence-corrected chi connectivity index (χ3v) is 3.85. The van der Waals surface area contributed by atoms with Gasteiger partial charge in [-0.05, 0) is 31.2 Å². The van der Waals surface area contributed by atoms with Crippen molar-refractivity contribution in [3.8, 4) is 0 Å². The number of carbonyl (C=O) groups is 1. The molecule has 4 nitrogen and oxygen atoms in total. The Morgan fingerprint density at radius 1 is 1.37 bits per heavy atom. The van der Waals surface area contributed by atoms with Gasteiger partial charge in [-0.15, -0.1) is 11.3 Å². The number of benzene rings is 1. The molecule has 100 valence electrons. The fourth-order valence-electron chi connectivity index (χ4n) is 1.51. The van der Waals surface area contributed by atoms with Gasteiger partial charge in [0.25, 0.3) is 0 Å². The molecule has 0 unspecified atom stereocenters. The average molecular weight is 340 g/mol. The van der Waals surface area contributed by atoms with Crippen LogP contribution in [0.1, 0.15) is 10.7 Å². The summed E-state index contributed by atoms with van der Waals surface area (Å²) in [4.78, 5) is 16.0. The van der Waals surface area contributed by atoms with E-state index in [0.29, 0.717) is 6.54 Å². The normalized spacial score (nSPS) is 10.4. The van der Waals surface area contributed by atoms with Gasteiger partial charge in [-0.25, -0.2) is 4.98 Å². The summed E-state index contributed by atoms with van der Waals surface area (Å²) in [5.41, 5.74) is 1.81. The number of anilines is 1. The second-order valence-corrected chi connectivity index (χ2v) is 5.90. The Morgan fingerprint density at radius 2 is 2.11 bits per heavy atom. The summed E-state index contributed by atoms with van der Waals surface area (Å²) in [5.74, 6) is -0.0596. The van der Waals surface area contributed by atoms with Crippen LogP contribution in [0.2, 0.25) is 0 Å². The van der Waals surface area contributed by atoms with Crippen molar-refractivity contribution in [2.24, 2.45) is 0 Å². The van der Waals surface area contributed by atoms with Crippen LogP contribution in [0.4, 0.5) is 5.69 Å². The molecule has 2 N–H and O–H groups in total. The smallest absolute Gasteiger partial charge is 0.238 e. The molecule has 2 rings (SSSR count). The monoisotopic (exact) mass is 339 g/mol. The predicted molar refractivity (Wildman–Crippen MR) is 81.3 cm³/mol. The maximum atomic E-state index is 11.7. The van der Waals surface area contributed by atoms with E-state index in [4.69, 9.17) is 0 Å². The van der Waals surface area contributed by atoms with Crippen LogP contribution in [-0.4, -0.2) is 17.4 Å². The Morgan fingerprint density at radius 3 is 2.74 bits per heavy atom. The van der Waals surface area contributed by atoms with E-state index >= 15 is 0 Å². The Labute approximate surface area is 124 Å². The van der Waals surface area contributed by atoms with Crippen molar-refractivity contribution in [2.45, 2.75) is 13.5 Å². The van der Waals surface area contributed by atoms with Crippen LogP contribution in [0.15, 0.2) is 34.1 Å². The van der Waals surface area contributed by atoms with Crippen molar-refractivity contribution in [2.75, 3.05) is 11.9 Å². The summed E-state index contributed by atoms with van der Waals surface area (Å²) in [6, 6.07) is 7.49. The molecule has 0 saturated carbocycles. The second kappa shape index (κ2) is 6.79. The zero-order valence-corrected chi connectivity index (χ0v) is 12.8. The molecule has 0 aliphatic heterocycles. The summed E-state index contributed by atoms with van der Waals surface area (Å²) < 4.78 is 0.989. The number of aromatic nitrogens is 1. The summed E-state index contributed by atoms with van der Waals surface area (Å²) in [6.45, 7) is 2.85. The molecule has 19 heavy (non-hydrogen) atoms. The first kappa shape index (κ1) is 14.2. The molecule has 0 bridgehead atoms. The Balaban J connectivity index is 1.74. The van der Waals surface area contributed by atoms with E-state index in [-0.39, 0.29) is 12.5 Å². The third kappa shape index (κ3) is 4.74. The number of rotatable bonds is 5. The van der Waals surface area contributed by atoms with E-state index in [0.717, 1.165) is 20.9 Å². The summed E-state index contributed by atoms with van der Waals surface area (Å²) in [5, 5.41) is 8.89. The molecule has 6 heteroatoms. The van der Waals surface area contributed by atoms with Gasteiger partial charge in [0.05, 0.1) is 6.54 Å². The molecule has 2 aromatic rings. The third-order valence-electron chi connectivity index (χ3n) is 2.36. The van der Waals surface area contributed by atoms with E-state index in [1.807, 2.05) is 36.6 Å². The number of hydrogen-bond donors (Lipinski definition) is 2. The van der Waals surface area contributed by atoms with Crippen molar-refractivity contribution in [1.82, 2.24) is 10.3 Å². The largest absolute Gasteiger partial charge is 0.325 e. The maximum absolute atomic E-state index is 11.7. The van der Waals surface area contributed by atoms with Crippen LogP contribution in [-0.2, 0) is 11.3 Å². The van der Waals surface area contributed by atoms with Crippen molar-refractivity contribution >= 4 is 38.9 Å².